The molecular formula is C67H78N12O7S2. The van der Waals surface area contributed by atoms with Gasteiger partial charge in [-0.1, -0.05) is 93.0 Å². The number of β-amino-alcohol motifs (C(OH)–C–C–N with tert-alkyl or cyclic N) is 1. The Hall–Kier alpha value is -7.85. The predicted octanol–water partition coefficient (Wildman–Crippen LogP) is 10.8. The number of pyridine rings is 1. The molecule has 1 aliphatic carbocycles. The Labute approximate surface area is 521 Å². The minimum absolute atomic E-state index is 0.0353. The summed E-state index contributed by atoms with van der Waals surface area (Å²) in [6, 6.07) is 26.3. The number of hydrogen-bond donors (Lipinski definition) is 4. The summed E-state index contributed by atoms with van der Waals surface area (Å²) in [5, 5.41) is 29.8. The summed E-state index contributed by atoms with van der Waals surface area (Å²) in [5.74, 6) is 0.0911. The second-order valence-corrected chi connectivity index (χ2v) is 26.5. The Morgan fingerprint density at radius 3 is 2.44 bits per heavy atom. The number of amides is 4. The van der Waals surface area contributed by atoms with Gasteiger partial charge < -0.3 is 39.7 Å². The molecule has 4 atom stereocenters. The summed E-state index contributed by atoms with van der Waals surface area (Å²) < 4.78 is 15.1. The van der Waals surface area contributed by atoms with Gasteiger partial charge >= 0.3 is 0 Å². The molecule has 1 saturated carbocycles. The van der Waals surface area contributed by atoms with Crippen LogP contribution >= 0.6 is 22.7 Å². The minimum Gasteiger partial charge on any atom is -0.475 e. The zero-order valence-corrected chi connectivity index (χ0v) is 52.4. The lowest BCUT2D eigenvalue weighted by molar-refractivity contribution is -0.141. The van der Waals surface area contributed by atoms with Crippen molar-refractivity contribution in [2.24, 2.45) is 17.8 Å². The number of fused-ring (bicyclic) bond motifs is 2. The van der Waals surface area contributed by atoms with E-state index in [1.807, 2.05) is 112 Å². The van der Waals surface area contributed by atoms with Crippen molar-refractivity contribution in [1.29, 1.82) is 0 Å². The summed E-state index contributed by atoms with van der Waals surface area (Å²) in [7, 11) is 0. The maximum atomic E-state index is 14.6. The van der Waals surface area contributed by atoms with Crippen molar-refractivity contribution < 1.29 is 33.5 Å². The Bertz CT molecular complexity index is 3750. The number of carbonyl (C=O) groups excluding carboxylic acids is 4. The molecule has 8 aromatic rings. The molecule has 0 radical (unpaired) electrons. The number of benzene rings is 3. The van der Waals surface area contributed by atoms with E-state index in [4.69, 9.17) is 19.3 Å². The Morgan fingerprint density at radius 2 is 1.67 bits per heavy atom. The molecule has 3 aliphatic heterocycles. The number of para-hydroxylation sites is 1. The fourth-order valence-corrected chi connectivity index (χ4v) is 14.9. The number of aryl methyl sites for hydroxylation is 1. The Kier molecular flexibility index (Phi) is 18.4. The van der Waals surface area contributed by atoms with Crippen LogP contribution in [0.1, 0.15) is 139 Å². The molecule has 460 valence electrons. The number of rotatable bonds is 20. The largest absolute Gasteiger partial charge is 0.475 e. The van der Waals surface area contributed by atoms with E-state index < -0.39 is 18.1 Å². The molecule has 19 nitrogen and oxygen atoms in total. The van der Waals surface area contributed by atoms with Crippen molar-refractivity contribution in [3.05, 3.63) is 142 Å². The van der Waals surface area contributed by atoms with Gasteiger partial charge in [0.25, 0.3) is 17.7 Å². The van der Waals surface area contributed by atoms with Crippen LogP contribution in [0.2, 0.25) is 0 Å². The fraction of sp³-hybridized carbons (Fsp3) is 0.448. The Morgan fingerprint density at radius 1 is 0.864 bits per heavy atom. The average Bonchev–Trinajstić information content (AvgIpc) is 4.28. The molecule has 3 fully saturated rings. The van der Waals surface area contributed by atoms with Crippen molar-refractivity contribution in [3.8, 4) is 27.4 Å². The van der Waals surface area contributed by atoms with E-state index in [0.717, 1.165) is 92.3 Å². The van der Waals surface area contributed by atoms with Crippen molar-refractivity contribution in [2.75, 3.05) is 56.1 Å². The number of aliphatic hydroxyl groups excluding tert-OH is 1. The highest BCUT2D eigenvalue weighted by molar-refractivity contribution is 7.22. The first kappa shape index (κ1) is 60.4. The van der Waals surface area contributed by atoms with E-state index in [9.17, 15) is 24.3 Å². The van der Waals surface area contributed by atoms with Gasteiger partial charge in [-0.3, -0.25) is 29.2 Å². The molecule has 0 spiro atoms. The van der Waals surface area contributed by atoms with Crippen molar-refractivity contribution in [1.82, 2.24) is 50.3 Å². The number of aliphatic hydroxyl groups is 1. The van der Waals surface area contributed by atoms with Crippen LogP contribution in [-0.2, 0) is 29.1 Å². The highest BCUT2D eigenvalue weighted by Crippen LogP contribution is 2.37. The van der Waals surface area contributed by atoms with Crippen molar-refractivity contribution >= 4 is 67.5 Å². The second kappa shape index (κ2) is 26.9. The lowest BCUT2D eigenvalue weighted by Gasteiger charge is -2.32. The van der Waals surface area contributed by atoms with Gasteiger partial charge in [0, 0.05) is 74.1 Å². The third kappa shape index (κ3) is 13.4. The van der Waals surface area contributed by atoms with E-state index in [2.05, 4.69) is 58.5 Å². The van der Waals surface area contributed by atoms with Gasteiger partial charge in [-0.05, 0) is 141 Å². The van der Waals surface area contributed by atoms with Gasteiger partial charge in [0.05, 0.1) is 51.2 Å². The normalized spacial score (nSPS) is 18.4. The molecule has 21 heteroatoms. The van der Waals surface area contributed by atoms with Gasteiger partial charge in [-0.25, -0.2) is 15.0 Å². The number of thiazole rings is 2. The molecule has 0 bridgehead atoms. The summed E-state index contributed by atoms with van der Waals surface area (Å²) in [6.45, 7) is 15.0. The summed E-state index contributed by atoms with van der Waals surface area (Å²) in [5.41, 5.74) is 11.2. The van der Waals surface area contributed by atoms with Gasteiger partial charge in [-0.15, -0.1) is 11.3 Å². The van der Waals surface area contributed by atoms with Crippen LogP contribution < -0.4 is 25.6 Å². The van der Waals surface area contributed by atoms with Gasteiger partial charge in [0.1, 0.15) is 23.5 Å². The van der Waals surface area contributed by atoms with E-state index in [1.165, 1.54) is 48.3 Å². The molecule has 12 rings (SSSR count). The van der Waals surface area contributed by atoms with Crippen LogP contribution in [0.5, 0.6) is 5.88 Å². The highest BCUT2D eigenvalue weighted by Gasteiger charge is 2.44. The van der Waals surface area contributed by atoms with Crippen LogP contribution in [0.4, 0.5) is 10.9 Å². The maximum Gasteiger partial charge on any atom is 0.270 e. The Balaban J connectivity index is 0.654. The number of piperidine rings is 1. The zero-order valence-electron chi connectivity index (χ0n) is 50.7. The standard InChI is InChI=1S/C67H78N12O7S2/c1-40(2)60(66(84)78-36-49(80)32-55(78)64(82)71-41(3)46-18-20-48(21-19-46)62-42(4)69-39-87-62)56-33-59(75-86-56)85-38-45-24-28-76(29-25-45)31-27-68-65(83)61-50(52-34-70-79(43(52)5)35-44-12-7-6-8-13-44)22-23-58(73-61)77-30-26-47-14-11-15-51(53(47)37-77)63(81)74-67-72-54-16-9-10-17-57(54)88-67/h9-11,14-23,33-34,39-41,44-45,49,55,60,80H,6-8,12-13,24-32,35-38H2,1-5H3,(H,68,83)(H,71,82)(H,72,74,81)/t41-,49+,55-,60?/m0/s1. The van der Waals surface area contributed by atoms with Crippen molar-refractivity contribution in [3.63, 3.8) is 0 Å². The predicted molar refractivity (Wildman–Crippen MR) is 342 cm³/mol. The topological polar surface area (TPSA) is 226 Å². The molecule has 2 saturated heterocycles. The molecular weight excluding hydrogens is 1150 g/mol. The van der Waals surface area contributed by atoms with Crippen LogP contribution in [0.3, 0.4) is 0 Å². The molecule has 1 unspecified atom stereocenters. The number of carbonyl (C=O) groups is 4. The molecule has 4 amide bonds. The molecule has 5 aromatic heterocycles. The van der Waals surface area contributed by atoms with Gasteiger partial charge in [-0.2, -0.15) is 5.10 Å². The molecule has 4 aliphatic rings. The van der Waals surface area contributed by atoms with Crippen LogP contribution in [0, 0.1) is 31.6 Å². The second-order valence-electron chi connectivity index (χ2n) is 24.6. The van der Waals surface area contributed by atoms with E-state index >= 15 is 0 Å². The van der Waals surface area contributed by atoms with Crippen LogP contribution in [0.15, 0.2) is 101 Å². The number of nitrogens with zero attached hydrogens (tertiary/aromatic N) is 9. The monoisotopic (exact) mass is 1230 g/mol. The lowest BCUT2D eigenvalue weighted by atomic mass is 9.89. The highest BCUT2D eigenvalue weighted by atomic mass is 32.1. The fourth-order valence-electron chi connectivity index (χ4n) is 13.2. The van der Waals surface area contributed by atoms with Crippen molar-refractivity contribution in [2.45, 2.75) is 130 Å². The van der Waals surface area contributed by atoms with Gasteiger partial charge in [0.2, 0.25) is 11.8 Å². The lowest BCUT2D eigenvalue weighted by Crippen LogP contribution is -2.48. The van der Waals surface area contributed by atoms with E-state index in [0.29, 0.717) is 79.0 Å². The summed E-state index contributed by atoms with van der Waals surface area (Å²) in [6.07, 6.45) is 9.83. The molecule has 3 aromatic carbocycles. The van der Waals surface area contributed by atoms with E-state index in [-0.39, 0.29) is 54.5 Å². The summed E-state index contributed by atoms with van der Waals surface area (Å²) in [4.78, 5) is 78.1. The van der Waals surface area contributed by atoms with Crippen LogP contribution in [-0.4, -0.2) is 126 Å². The third-order valence-electron chi connectivity index (χ3n) is 18.3. The molecule has 8 heterocycles. The summed E-state index contributed by atoms with van der Waals surface area (Å²) >= 11 is 3.04. The quantitative estimate of drug-likeness (QED) is 0.0557. The third-order valence-corrected chi connectivity index (χ3v) is 20.2. The average molecular weight is 1230 g/mol. The molecule has 88 heavy (non-hydrogen) atoms. The number of anilines is 2. The number of ether oxygens (including phenoxy) is 1. The number of nitrogens with one attached hydrogen (secondary N) is 3. The number of likely N-dealkylation sites (tertiary alicyclic amines) is 2. The molecule has 4 N–H and O–H groups in total. The number of hydrogen-bond acceptors (Lipinski definition) is 16. The first-order valence-corrected chi connectivity index (χ1v) is 32.9. The van der Waals surface area contributed by atoms with Crippen LogP contribution in [0.25, 0.3) is 31.8 Å². The minimum atomic E-state index is -0.852. The first-order chi connectivity index (χ1) is 42.7. The van der Waals surface area contributed by atoms with E-state index in [1.54, 1.807) is 17.4 Å². The smallest absolute Gasteiger partial charge is 0.270 e. The number of aromatic nitrogens is 6. The SMILES string of the molecule is Cc1ncsc1-c1ccc([C@H](C)NC(=O)[C@@H]2C[C@@H](O)CN2C(=O)C(c2cc(OCC3CCN(CCNC(=O)c4nc(N5CCc6cccc(C(=O)Nc7nc8ccccc8s7)c6C5)ccc4-c4cnn(CC5CCCCC5)c4C)CC3)no2)C(C)C)cc1. The zero-order chi connectivity index (χ0) is 61.0. The van der Waals surface area contributed by atoms with Gasteiger partial charge in [0.15, 0.2) is 10.9 Å². The maximum absolute atomic E-state index is 14.6. The first-order valence-electron chi connectivity index (χ1n) is 31.2.